The van der Waals surface area contributed by atoms with Crippen LogP contribution < -0.4 is 4.90 Å². The Bertz CT molecular complexity index is 655. The molecule has 0 saturated carbocycles. The van der Waals surface area contributed by atoms with E-state index < -0.39 is 0 Å². The number of piperidine rings is 1. The van der Waals surface area contributed by atoms with E-state index in [9.17, 15) is 0 Å². The van der Waals surface area contributed by atoms with Gasteiger partial charge in [-0.1, -0.05) is 11.3 Å². The Balaban J connectivity index is 1.41. The molecule has 2 aromatic heterocycles. The summed E-state index contributed by atoms with van der Waals surface area (Å²) in [6.07, 6.45) is 2.19. The van der Waals surface area contributed by atoms with Crippen molar-refractivity contribution < 1.29 is 4.74 Å². The van der Waals surface area contributed by atoms with Crippen LogP contribution in [-0.4, -0.2) is 51.2 Å². The highest BCUT2D eigenvalue weighted by Gasteiger charge is 2.41. The maximum atomic E-state index is 6.05. The molecule has 8 heteroatoms. The van der Waals surface area contributed by atoms with Gasteiger partial charge in [-0.05, 0) is 26.2 Å². The number of rotatable bonds is 3. The molecule has 4 rings (SSSR count). The number of aromatic nitrogens is 5. The van der Waals surface area contributed by atoms with Crippen molar-refractivity contribution in [1.29, 1.82) is 0 Å². The second-order valence-electron chi connectivity index (χ2n) is 6.18. The molecule has 2 saturated heterocycles. The molecule has 118 valence electrons. The summed E-state index contributed by atoms with van der Waals surface area (Å²) < 4.78 is 6.05. The quantitative estimate of drug-likeness (QED) is 0.920. The third kappa shape index (κ3) is 2.61. The molecule has 0 aliphatic carbocycles. The Labute approximate surface area is 133 Å². The van der Waals surface area contributed by atoms with Gasteiger partial charge in [-0.3, -0.25) is 5.10 Å². The number of H-pyrrole nitrogens is 1. The molecule has 0 radical (unpaired) electrons. The van der Waals surface area contributed by atoms with Crippen molar-refractivity contribution in [3.05, 3.63) is 16.7 Å². The Morgan fingerprint density at radius 2 is 2.27 bits per heavy atom. The number of aromatic amines is 1. The van der Waals surface area contributed by atoms with Gasteiger partial charge in [0.05, 0.1) is 12.7 Å². The minimum atomic E-state index is 0.249. The van der Waals surface area contributed by atoms with Crippen molar-refractivity contribution in [3.63, 3.8) is 0 Å². The standard InChI is InChI=1S/C14H20N6OS/c1-8-15-13(18-16-8)5-12-11-3-4-20(6-10(11)7-21-12)14-19-17-9(2)22-14/h10-12H,3-7H2,1-2H3,(H,15,16,18)/t10-,11-,12+/m1/s1. The van der Waals surface area contributed by atoms with Gasteiger partial charge < -0.3 is 9.64 Å². The Morgan fingerprint density at radius 1 is 1.36 bits per heavy atom. The molecule has 0 aromatic carbocycles. The van der Waals surface area contributed by atoms with Crippen molar-refractivity contribution in [1.82, 2.24) is 25.4 Å². The van der Waals surface area contributed by atoms with Crippen LogP contribution in [0.15, 0.2) is 0 Å². The molecule has 2 fully saturated rings. The molecule has 1 N–H and O–H groups in total. The molecular formula is C14H20N6OS. The van der Waals surface area contributed by atoms with E-state index in [1.165, 1.54) is 0 Å². The van der Waals surface area contributed by atoms with E-state index in [-0.39, 0.29) is 6.10 Å². The number of fused-ring (bicyclic) bond motifs is 1. The Morgan fingerprint density at radius 3 is 3.00 bits per heavy atom. The first-order chi connectivity index (χ1) is 10.7. The zero-order valence-corrected chi connectivity index (χ0v) is 13.6. The normalized spacial score (nSPS) is 28.1. The second kappa shape index (κ2) is 5.58. The van der Waals surface area contributed by atoms with E-state index in [1.807, 2.05) is 13.8 Å². The van der Waals surface area contributed by atoms with Gasteiger partial charge >= 0.3 is 0 Å². The molecule has 22 heavy (non-hydrogen) atoms. The summed E-state index contributed by atoms with van der Waals surface area (Å²) in [6, 6.07) is 0. The van der Waals surface area contributed by atoms with E-state index in [0.717, 1.165) is 54.3 Å². The fraction of sp³-hybridized carbons (Fsp3) is 0.714. The molecule has 2 aliphatic heterocycles. The zero-order valence-electron chi connectivity index (χ0n) is 12.8. The Kier molecular flexibility index (Phi) is 3.57. The van der Waals surface area contributed by atoms with Crippen molar-refractivity contribution in [2.45, 2.75) is 32.8 Å². The zero-order chi connectivity index (χ0) is 15.1. The molecule has 2 aromatic rings. The summed E-state index contributed by atoms with van der Waals surface area (Å²) in [7, 11) is 0. The lowest BCUT2D eigenvalue weighted by atomic mass is 9.83. The van der Waals surface area contributed by atoms with Gasteiger partial charge in [-0.25, -0.2) is 4.98 Å². The highest BCUT2D eigenvalue weighted by atomic mass is 32.1. The van der Waals surface area contributed by atoms with Crippen LogP contribution in [0.25, 0.3) is 0 Å². The summed E-state index contributed by atoms with van der Waals surface area (Å²) >= 11 is 1.67. The van der Waals surface area contributed by atoms with Crippen molar-refractivity contribution in [3.8, 4) is 0 Å². The average molecular weight is 320 g/mol. The van der Waals surface area contributed by atoms with E-state index >= 15 is 0 Å². The van der Waals surface area contributed by atoms with Gasteiger partial charge in [0, 0.05) is 25.4 Å². The minimum Gasteiger partial charge on any atom is -0.377 e. The van der Waals surface area contributed by atoms with Crippen LogP contribution >= 0.6 is 11.3 Å². The molecular weight excluding hydrogens is 300 g/mol. The third-order valence-electron chi connectivity index (χ3n) is 4.61. The first-order valence-electron chi connectivity index (χ1n) is 7.73. The Hall–Kier alpha value is -1.54. The van der Waals surface area contributed by atoms with Crippen molar-refractivity contribution in [2.75, 3.05) is 24.6 Å². The predicted octanol–water partition coefficient (Wildman–Crippen LogP) is 1.36. The van der Waals surface area contributed by atoms with Crippen LogP contribution in [0.1, 0.15) is 23.1 Å². The van der Waals surface area contributed by atoms with Crippen molar-refractivity contribution >= 4 is 16.5 Å². The molecule has 0 unspecified atom stereocenters. The number of nitrogens with zero attached hydrogens (tertiary/aromatic N) is 5. The van der Waals surface area contributed by atoms with Crippen LogP contribution in [0.2, 0.25) is 0 Å². The van der Waals surface area contributed by atoms with Crippen molar-refractivity contribution in [2.24, 2.45) is 11.8 Å². The molecule has 2 aliphatic rings. The van der Waals surface area contributed by atoms with Gasteiger partial charge in [0.2, 0.25) is 5.13 Å². The monoisotopic (exact) mass is 320 g/mol. The van der Waals surface area contributed by atoms with E-state index in [0.29, 0.717) is 11.8 Å². The van der Waals surface area contributed by atoms with E-state index in [1.54, 1.807) is 11.3 Å². The maximum absolute atomic E-state index is 6.05. The highest BCUT2D eigenvalue weighted by molar-refractivity contribution is 7.15. The van der Waals surface area contributed by atoms with Gasteiger partial charge in [0.25, 0.3) is 0 Å². The summed E-state index contributed by atoms with van der Waals surface area (Å²) in [5.74, 6) is 2.91. The molecule has 0 bridgehead atoms. The lowest BCUT2D eigenvalue weighted by molar-refractivity contribution is 0.0879. The van der Waals surface area contributed by atoms with Crippen LogP contribution in [0.3, 0.4) is 0 Å². The molecule has 0 amide bonds. The fourth-order valence-electron chi connectivity index (χ4n) is 3.55. The molecule has 3 atom stereocenters. The molecule has 7 nitrogen and oxygen atoms in total. The average Bonchev–Trinajstić information content (AvgIpc) is 3.21. The molecule has 0 spiro atoms. The first-order valence-corrected chi connectivity index (χ1v) is 8.55. The van der Waals surface area contributed by atoms with Crippen LogP contribution in [0.5, 0.6) is 0 Å². The third-order valence-corrected chi connectivity index (χ3v) is 5.51. The van der Waals surface area contributed by atoms with Gasteiger partial charge in [0.15, 0.2) is 5.82 Å². The van der Waals surface area contributed by atoms with Gasteiger partial charge in [-0.2, -0.15) is 5.10 Å². The smallest absolute Gasteiger partial charge is 0.208 e. The maximum Gasteiger partial charge on any atom is 0.208 e. The fourth-order valence-corrected chi connectivity index (χ4v) is 4.27. The predicted molar refractivity (Wildman–Crippen MR) is 83.0 cm³/mol. The number of aryl methyl sites for hydroxylation is 2. The second-order valence-corrected chi connectivity index (χ2v) is 7.34. The lowest BCUT2D eigenvalue weighted by Crippen LogP contribution is -2.42. The SMILES string of the molecule is Cc1nc(C[C@@H]2OC[C@H]3CN(c4nnc(C)s4)CC[C@H]32)n[nH]1. The minimum absolute atomic E-state index is 0.249. The lowest BCUT2D eigenvalue weighted by Gasteiger charge is -2.35. The first kappa shape index (κ1) is 14.1. The van der Waals surface area contributed by atoms with Crippen LogP contribution in [0, 0.1) is 25.7 Å². The van der Waals surface area contributed by atoms with E-state index in [2.05, 4.69) is 30.3 Å². The number of hydrogen-bond donors (Lipinski definition) is 1. The topological polar surface area (TPSA) is 79.8 Å². The largest absolute Gasteiger partial charge is 0.377 e. The number of anilines is 1. The van der Waals surface area contributed by atoms with Gasteiger partial charge in [-0.15, -0.1) is 10.2 Å². The van der Waals surface area contributed by atoms with E-state index in [4.69, 9.17) is 4.74 Å². The van der Waals surface area contributed by atoms with Crippen LogP contribution in [-0.2, 0) is 11.2 Å². The number of nitrogens with one attached hydrogen (secondary N) is 1. The van der Waals surface area contributed by atoms with Gasteiger partial charge in [0.1, 0.15) is 10.8 Å². The summed E-state index contributed by atoms with van der Waals surface area (Å²) in [5, 5.41) is 17.6. The molecule has 4 heterocycles. The number of ether oxygens (including phenoxy) is 1. The highest BCUT2D eigenvalue weighted by Crippen LogP contribution is 2.37. The summed E-state index contributed by atoms with van der Waals surface area (Å²) in [4.78, 5) is 6.76. The van der Waals surface area contributed by atoms with Crippen LogP contribution in [0.4, 0.5) is 5.13 Å². The summed E-state index contributed by atoms with van der Waals surface area (Å²) in [6.45, 7) is 6.80. The summed E-state index contributed by atoms with van der Waals surface area (Å²) in [5.41, 5.74) is 0. The number of hydrogen-bond acceptors (Lipinski definition) is 7.